The van der Waals surface area contributed by atoms with Crippen molar-refractivity contribution in [1.82, 2.24) is 14.1 Å². The maximum Gasteiger partial charge on any atom is 0.338 e. The van der Waals surface area contributed by atoms with Crippen LogP contribution in [0.25, 0.3) is 22.4 Å². The molecule has 0 aliphatic heterocycles. The predicted octanol–water partition coefficient (Wildman–Crippen LogP) is 5.02. The van der Waals surface area contributed by atoms with Crippen LogP contribution in [-0.4, -0.2) is 20.0 Å². The number of carbonyl (C=O) groups is 1. The molecule has 8 heteroatoms. The molecule has 178 valence electrons. The van der Waals surface area contributed by atoms with Gasteiger partial charge < -0.3 is 10.1 Å². The van der Waals surface area contributed by atoms with Gasteiger partial charge >= 0.3 is 5.69 Å². The zero-order valence-electron chi connectivity index (χ0n) is 19.1. The number of halogens is 1. The highest BCUT2D eigenvalue weighted by Gasteiger charge is 2.17. The van der Waals surface area contributed by atoms with E-state index in [-0.39, 0.29) is 24.0 Å². The first-order chi connectivity index (χ1) is 17.5. The highest BCUT2D eigenvalue weighted by atomic mass is 19.1. The standard InChI is InChI=1S/C28H21FN4O3/c1-2-27(34)31-20-7-5-8-22(16-20)33-25-14-15-30-17-26(25)32(28(33)35)21-10-12-23(13-11-21)36-18-19-6-3-4-9-24(19)29/h2-17H,1,18H2,(H,31,34). The Labute approximate surface area is 205 Å². The normalized spacial score (nSPS) is 10.8. The quantitative estimate of drug-likeness (QED) is 0.332. The lowest BCUT2D eigenvalue weighted by Gasteiger charge is -2.09. The molecular weight excluding hydrogens is 459 g/mol. The van der Waals surface area contributed by atoms with Gasteiger partial charge in [-0.15, -0.1) is 0 Å². The number of benzene rings is 3. The topological polar surface area (TPSA) is 78.2 Å². The molecule has 0 spiro atoms. The fourth-order valence-corrected chi connectivity index (χ4v) is 3.93. The summed E-state index contributed by atoms with van der Waals surface area (Å²) in [7, 11) is 0. The number of ether oxygens (including phenoxy) is 1. The second-order valence-electron chi connectivity index (χ2n) is 7.94. The molecule has 2 aromatic heterocycles. The third kappa shape index (κ3) is 4.39. The molecule has 7 nitrogen and oxygen atoms in total. The van der Waals surface area contributed by atoms with E-state index < -0.39 is 0 Å². The second-order valence-corrected chi connectivity index (χ2v) is 7.94. The number of rotatable bonds is 7. The van der Waals surface area contributed by atoms with Crippen molar-refractivity contribution in [2.24, 2.45) is 0 Å². The van der Waals surface area contributed by atoms with Gasteiger partial charge in [-0.05, 0) is 60.7 Å². The van der Waals surface area contributed by atoms with Crippen LogP contribution in [-0.2, 0) is 11.4 Å². The Kier molecular flexibility index (Phi) is 6.15. The maximum atomic E-state index is 13.9. The molecule has 0 saturated heterocycles. The summed E-state index contributed by atoms with van der Waals surface area (Å²) in [6.45, 7) is 3.55. The van der Waals surface area contributed by atoms with Crippen molar-refractivity contribution in [2.45, 2.75) is 6.61 Å². The van der Waals surface area contributed by atoms with E-state index in [1.807, 2.05) is 0 Å². The highest BCUT2D eigenvalue weighted by molar-refractivity contribution is 5.99. The first kappa shape index (κ1) is 22.8. The minimum Gasteiger partial charge on any atom is -0.489 e. The van der Waals surface area contributed by atoms with Gasteiger partial charge in [-0.3, -0.25) is 18.9 Å². The smallest absolute Gasteiger partial charge is 0.338 e. The number of carbonyl (C=O) groups excluding carboxylic acids is 1. The molecule has 2 heterocycles. The Balaban J connectivity index is 1.50. The molecular formula is C28H21FN4O3. The highest BCUT2D eigenvalue weighted by Crippen LogP contribution is 2.23. The van der Waals surface area contributed by atoms with Gasteiger partial charge in [-0.1, -0.05) is 30.8 Å². The SMILES string of the molecule is C=CC(=O)Nc1cccc(-n2c(=O)n(-c3ccc(OCc4ccccc4F)cc3)c3cnccc32)c1. The van der Waals surface area contributed by atoms with Gasteiger partial charge in [0.1, 0.15) is 18.2 Å². The molecule has 0 aliphatic rings. The fraction of sp³-hybridized carbons (Fsp3) is 0.0357. The molecule has 0 aliphatic carbocycles. The van der Waals surface area contributed by atoms with Gasteiger partial charge in [0.2, 0.25) is 5.91 Å². The molecule has 0 saturated carbocycles. The summed E-state index contributed by atoms with van der Waals surface area (Å²) in [5.41, 5.74) is 3.16. The number of hydrogen-bond donors (Lipinski definition) is 1. The third-order valence-electron chi connectivity index (χ3n) is 5.65. The van der Waals surface area contributed by atoms with Crippen LogP contribution in [0.4, 0.5) is 10.1 Å². The molecule has 0 bridgehead atoms. The van der Waals surface area contributed by atoms with Crippen LogP contribution < -0.4 is 15.7 Å². The number of anilines is 1. The number of pyridine rings is 1. The largest absolute Gasteiger partial charge is 0.489 e. The Bertz CT molecular complexity index is 1640. The van der Waals surface area contributed by atoms with Crippen molar-refractivity contribution in [3.05, 3.63) is 126 Å². The lowest BCUT2D eigenvalue weighted by atomic mass is 10.2. The molecule has 0 unspecified atom stereocenters. The number of hydrogen-bond acceptors (Lipinski definition) is 4. The molecule has 0 fully saturated rings. The Hall–Kier alpha value is -4.98. The van der Waals surface area contributed by atoms with Gasteiger partial charge in [0.25, 0.3) is 0 Å². The predicted molar refractivity (Wildman–Crippen MR) is 136 cm³/mol. The summed E-state index contributed by atoms with van der Waals surface area (Å²) in [6, 6.07) is 22.2. The molecule has 3 aromatic carbocycles. The Morgan fingerprint density at radius 1 is 0.972 bits per heavy atom. The second kappa shape index (κ2) is 9.71. The molecule has 5 rings (SSSR count). The number of nitrogens with one attached hydrogen (secondary N) is 1. The van der Waals surface area contributed by atoms with Crippen molar-refractivity contribution in [3.8, 4) is 17.1 Å². The Morgan fingerprint density at radius 3 is 2.53 bits per heavy atom. The van der Waals surface area contributed by atoms with Crippen LogP contribution in [0.2, 0.25) is 0 Å². The summed E-state index contributed by atoms with van der Waals surface area (Å²) in [4.78, 5) is 29.6. The number of imidazole rings is 1. The molecule has 36 heavy (non-hydrogen) atoms. The van der Waals surface area contributed by atoms with Gasteiger partial charge in [0.15, 0.2) is 0 Å². The van der Waals surface area contributed by atoms with E-state index in [1.165, 1.54) is 12.1 Å². The van der Waals surface area contributed by atoms with Crippen molar-refractivity contribution in [3.63, 3.8) is 0 Å². The summed E-state index contributed by atoms with van der Waals surface area (Å²) >= 11 is 0. The summed E-state index contributed by atoms with van der Waals surface area (Å²) in [6.07, 6.45) is 4.42. The lowest BCUT2D eigenvalue weighted by molar-refractivity contribution is -0.111. The fourth-order valence-electron chi connectivity index (χ4n) is 3.93. The van der Waals surface area contributed by atoms with Crippen molar-refractivity contribution in [1.29, 1.82) is 0 Å². The van der Waals surface area contributed by atoms with Crippen LogP contribution in [0.3, 0.4) is 0 Å². The molecule has 1 amide bonds. The van der Waals surface area contributed by atoms with Crippen LogP contribution in [0, 0.1) is 5.82 Å². The zero-order valence-corrected chi connectivity index (χ0v) is 19.1. The summed E-state index contributed by atoms with van der Waals surface area (Å²) < 4.78 is 22.7. The van der Waals surface area contributed by atoms with Crippen molar-refractivity contribution < 1.29 is 13.9 Å². The van der Waals surface area contributed by atoms with E-state index in [2.05, 4.69) is 16.9 Å². The van der Waals surface area contributed by atoms with Crippen LogP contribution in [0.5, 0.6) is 5.75 Å². The van der Waals surface area contributed by atoms with E-state index in [4.69, 9.17) is 4.74 Å². The number of fused-ring (bicyclic) bond motifs is 1. The molecule has 1 N–H and O–H groups in total. The van der Waals surface area contributed by atoms with E-state index in [0.29, 0.717) is 39.4 Å². The molecule has 0 radical (unpaired) electrons. The Morgan fingerprint density at radius 2 is 1.75 bits per heavy atom. The van der Waals surface area contributed by atoms with Crippen LogP contribution in [0.15, 0.2) is 109 Å². The summed E-state index contributed by atoms with van der Waals surface area (Å²) in [5.74, 6) is -0.125. The molecule has 0 atom stereocenters. The van der Waals surface area contributed by atoms with Gasteiger partial charge in [0.05, 0.1) is 28.6 Å². The van der Waals surface area contributed by atoms with E-state index >= 15 is 0 Å². The third-order valence-corrected chi connectivity index (χ3v) is 5.65. The maximum absolute atomic E-state index is 13.9. The average molecular weight is 480 g/mol. The average Bonchev–Trinajstić information content (AvgIpc) is 3.20. The lowest BCUT2D eigenvalue weighted by Crippen LogP contribution is -2.22. The zero-order chi connectivity index (χ0) is 25.1. The van der Waals surface area contributed by atoms with Crippen LogP contribution in [0.1, 0.15) is 5.56 Å². The van der Waals surface area contributed by atoms with Gasteiger partial charge in [-0.2, -0.15) is 0 Å². The first-order valence-electron chi connectivity index (χ1n) is 11.1. The van der Waals surface area contributed by atoms with E-state index in [9.17, 15) is 14.0 Å². The van der Waals surface area contributed by atoms with E-state index in [0.717, 1.165) is 0 Å². The summed E-state index contributed by atoms with van der Waals surface area (Å²) in [5, 5.41) is 2.71. The minimum absolute atomic E-state index is 0.0912. The number of amides is 1. The number of nitrogens with zero attached hydrogens (tertiary/aromatic N) is 3. The monoisotopic (exact) mass is 480 g/mol. The van der Waals surface area contributed by atoms with Crippen molar-refractivity contribution in [2.75, 3.05) is 5.32 Å². The first-order valence-corrected chi connectivity index (χ1v) is 11.1. The number of aromatic nitrogens is 3. The van der Waals surface area contributed by atoms with Gasteiger partial charge in [-0.25, -0.2) is 9.18 Å². The van der Waals surface area contributed by atoms with E-state index in [1.54, 1.807) is 94.3 Å². The van der Waals surface area contributed by atoms with Crippen LogP contribution >= 0.6 is 0 Å². The minimum atomic E-state index is -0.344. The van der Waals surface area contributed by atoms with Gasteiger partial charge in [0, 0.05) is 17.4 Å². The van der Waals surface area contributed by atoms with Crippen molar-refractivity contribution >= 4 is 22.6 Å². The molecule has 5 aromatic rings.